The Hall–Kier alpha value is -4.13. The number of hydrogen-bond acceptors (Lipinski definition) is 4. The van der Waals surface area contributed by atoms with Crippen LogP contribution in [0.25, 0.3) is 0 Å². The molecule has 0 saturated carbocycles. The maximum atomic E-state index is 13.3. The van der Waals surface area contributed by atoms with Crippen LogP contribution in [0.2, 0.25) is 0 Å². The summed E-state index contributed by atoms with van der Waals surface area (Å²) in [5.41, 5.74) is 2.66. The Balaban J connectivity index is 1.46. The third-order valence-electron chi connectivity index (χ3n) is 5.14. The third-order valence-corrected chi connectivity index (χ3v) is 5.14. The van der Waals surface area contributed by atoms with Gasteiger partial charge in [0.15, 0.2) is 0 Å². The SMILES string of the molecule is CC(=O)NCCNC(=O)c1ccc(NC(=O)C2c3ccccc3Oc3ccccc32)cc1. The smallest absolute Gasteiger partial charge is 0.251 e. The second-order valence-electron chi connectivity index (χ2n) is 7.42. The molecule has 3 N–H and O–H groups in total. The summed E-state index contributed by atoms with van der Waals surface area (Å²) in [5, 5.41) is 8.30. The van der Waals surface area contributed by atoms with Crippen molar-refractivity contribution < 1.29 is 19.1 Å². The van der Waals surface area contributed by atoms with E-state index >= 15 is 0 Å². The molecule has 0 aromatic heterocycles. The van der Waals surface area contributed by atoms with E-state index in [-0.39, 0.29) is 17.7 Å². The zero-order chi connectivity index (χ0) is 22.5. The van der Waals surface area contributed by atoms with E-state index in [0.717, 1.165) is 11.1 Å². The molecule has 7 heteroatoms. The molecule has 32 heavy (non-hydrogen) atoms. The zero-order valence-corrected chi connectivity index (χ0v) is 17.6. The van der Waals surface area contributed by atoms with Gasteiger partial charge in [-0.3, -0.25) is 14.4 Å². The van der Waals surface area contributed by atoms with Gasteiger partial charge in [-0.1, -0.05) is 36.4 Å². The third kappa shape index (κ3) is 4.62. The number of benzene rings is 3. The lowest BCUT2D eigenvalue weighted by molar-refractivity contribution is -0.119. The van der Waals surface area contributed by atoms with E-state index in [1.807, 2.05) is 48.5 Å². The fourth-order valence-corrected chi connectivity index (χ4v) is 3.63. The van der Waals surface area contributed by atoms with E-state index in [2.05, 4.69) is 16.0 Å². The van der Waals surface area contributed by atoms with Crippen molar-refractivity contribution in [2.75, 3.05) is 18.4 Å². The summed E-state index contributed by atoms with van der Waals surface area (Å²) in [5.74, 6) is 0.249. The van der Waals surface area contributed by atoms with Crippen LogP contribution >= 0.6 is 0 Å². The molecule has 0 spiro atoms. The van der Waals surface area contributed by atoms with Gasteiger partial charge in [0.1, 0.15) is 11.5 Å². The molecule has 0 aliphatic carbocycles. The van der Waals surface area contributed by atoms with Crippen LogP contribution in [0.15, 0.2) is 72.8 Å². The van der Waals surface area contributed by atoms with Crippen LogP contribution in [-0.2, 0) is 9.59 Å². The predicted octanol–water partition coefficient (Wildman–Crippen LogP) is 3.43. The molecule has 0 unspecified atom stereocenters. The Kier molecular flexibility index (Phi) is 6.17. The lowest BCUT2D eigenvalue weighted by atomic mass is 9.87. The summed E-state index contributed by atoms with van der Waals surface area (Å²) in [6.07, 6.45) is 0. The van der Waals surface area contributed by atoms with Crippen molar-refractivity contribution in [2.45, 2.75) is 12.8 Å². The topological polar surface area (TPSA) is 96.5 Å². The van der Waals surface area contributed by atoms with Crippen molar-refractivity contribution >= 4 is 23.4 Å². The Morgan fingerprint density at radius 3 is 1.94 bits per heavy atom. The van der Waals surface area contributed by atoms with E-state index in [1.54, 1.807) is 24.3 Å². The standard InChI is InChI=1S/C25H23N3O4/c1-16(29)26-14-15-27-24(30)17-10-12-18(13-11-17)28-25(31)23-19-6-2-4-8-21(19)32-22-9-5-3-7-20(22)23/h2-13,23H,14-15H2,1H3,(H,26,29)(H,27,30)(H,28,31). The molecule has 3 amide bonds. The van der Waals surface area contributed by atoms with Crippen molar-refractivity contribution in [1.82, 2.24) is 10.6 Å². The molecule has 0 radical (unpaired) electrons. The maximum absolute atomic E-state index is 13.3. The first-order valence-corrected chi connectivity index (χ1v) is 10.3. The van der Waals surface area contributed by atoms with Gasteiger partial charge in [0.05, 0.1) is 5.92 Å². The van der Waals surface area contributed by atoms with Gasteiger partial charge in [0.2, 0.25) is 11.8 Å². The van der Waals surface area contributed by atoms with E-state index in [0.29, 0.717) is 35.8 Å². The minimum Gasteiger partial charge on any atom is -0.457 e. The van der Waals surface area contributed by atoms with Crippen LogP contribution in [0.3, 0.4) is 0 Å². The molecular weight excluding hydrogens is 406 g/mol. The fraction of sp³-hybridized carbons (Fsp3) is 0.160. The minimum absolute atomic E-state index is 0.144. The van der Waals surface area contributed by atoms with Gasteiger partial charge in [0.25, 0.3) is 5.91 Å². The summed E-state index contributed by atoms with van der Waals surface area (Å²) >= 11 is 0. The normalized spacial score (nSPS) is 12.0. The summed E-state index contributed by atoms with van der Waals surface area (Å²) in [7, 11) is 0. The number of carbonyl (C=O) groups excluding carboxylic acids is 3. The molecule has 162 valence electrons. The molecule has 0 atom stereocenters. The summed E-state index contributed by atoms with van der Waals surface area (Å²) < 4.78 is 5.96. The van der Waals surface area contributed by atoms with Gasteiger partial charge in [-0.15, -0.1) is 0 Å². The van der Waals surface area contributed by atoms with Gasteiger partial charge in [-0.25, -0.2) is 0 Å². The first kappa shape index (κ1) is 21.1. The Morgan fingerprint density at radius 2 is 1.34 bits per heavy atom. The highest BCUT2D eigenvalue weighted by Crippen LogP contribution is 2.44. The van der Waals surface area contributed by atoms with Crippen molar-refractivity contribution in [3.8, 4) is 11.5 Å². The molecule has 0 saturated heterocycles. The lowest BCUT2D eigenvalue weighted by Gasteiger charge is -2.27. The highest BCUT2D eigenvalue weighted by molar-refractivity contribution is 6.00. The largest absolute Gasteiger partial charge is 0.457 e. The highest BCUT2D eigenvalue weighted by Gasteiger charge is 2.32. The molecule has 1 heterocycles. The fourth-order valence-electron chi connectivity index (χ4n) is 3.63. The van der Waals surface area contributed by atoms with Gasteiger partial charge < -0.3 is 20.7 Å². The van der Waals surface area contributed by atoms with E-state index < -0.39 is 5.92 Å². The molecule has 7 nitrogen and oxygen atoms in total. The first-order valence-electron chi connectivity index (χ1n) is 10.3. The number of carbonyl (C=O) groups is 3. The molecule has 1 aliphatic rings. The number of amides is 3. The van der Waals surface area contributed by atoms with Gasteiger partial charge >= 0.3 is 0 Å². The highest BCUT2D eigenvalue weighted by atomic mass is 16.5. The Bertz CT molecular complexity index is 1110. The second kappa shape index (κ2) is 9.34. The Morgan fingerprint density at radius 1 is 0.781 bits per heavy atom. The van der Waals surface area contributed by atoms with Crippen molar-refractivity contribution in [2.24, 2.45) is 0 Å². The van der Waals surface area contributed by atoms with Gasteiger partial charge in [-0.2, -0.15) is 0 Å². The van der Waals surface area contributed by atoms with Crippen LogP contribution in [0.1, 0.15) is 34.3 Å². The van der Waals surface area contributed by atoms with Crippen LogP contribution in [0.5, 0.6) is 11.5 Å². The molecular formula is C25H23N3O4. The van der Waals surface area contributed by atoms with Gasteiger partial charge in [-0.05, 0) is 36.4 Å². The Labute approximate surface area is 185 Å². The number of nitrogens with one attached hydrogen (secondary N) is 3. The number of hydrogen-bond donors (Lipinski definition) is 3. The van der Waals surface area contributed by atoms with E-state index in [4.69, 9.17) is 4.74 Å². The van der Waals surface area contributed by atoms with Gasteiger partial charge in [0, 0.05) is 42.4 Å². The van der Waals surface area contributed by atoms with Crippen molar-refractivity contribution in [3.63, 3.8) is 0 Å². The summed E-state index contributed by atoms with van der Waals surface area (Å²) in [4.78, 5) is 36.3. The van der Waals surface area contributed by atoms with E-state index in [1.165, 1.54) is 6.92 Å². The summed E-state index contributed by atoms with van der Waals surface area (Å²) in [6, 6.07) is 21.7. The zero-order valence-electron chi connectivity index (χ0n) is 17.6. The molecule has 1 aliphatic heterocycles. The van der Waals surface area contributed by atoms with E-state index in [9.17, 15) is 14.4 Å². The molecule has 3 aromatic carbocycles. The minimum atomic E-state index is -0.507. The monoisotopic (exact) mass is 429 g/mol. The molecule has 4 rings (SSSR count). The average molecular weight is 429 g/mol. The number of anilines is 1. The number of para-hydroxylation sites is 2. The molecule has 0 fully saturated rings. The maximum Gasteiger partial charge on any atom is 0.251 e. The number of rotatable bonds is 6. The average Bonchev–Trinajstić information content (AvgIpc) is 2.80. The van der Waals surface area contributed by atoms with Crippen LogP contribution < -0.4 is 20.7 Å². The van der Waals surface area contributed by atoms with Crippen molar-refractivity contribution in [1.29, 1.82) is 0 Å². The number of fused-ring (bicyclic) bond motifs is 2. The predicted molar refractivity (Wildman–Crippen MR) is 121 cm³/mol. The van der Waals surface area contributed by atoms with Crippen molar-refractivity contribution in [3.05, 3.63) is 89.5 Å². The van der Waals surface area contributed by atoms with Crippen LogP contribution in [-0.4, -0.2) is 30.8 Å². The number of ether oxygens (including phenoxy) is 1. The second-order valence-corrected chi connectivity index (χ2v) is 7.42. The summed E-state index contributed by atoms with van der Waals surface area (Å²) in [6.45, 7) is 2.12. The van der Waals surface area contributed by atoms with Crippen LogP contribution in [0, 0.1) is 0 Å². The first-order chi connectivity index (χ1) is 15.5. The quantitative estimate of drug-likeness (QED) is 0.523. The molecule has 3 aromatic rings. The lowest BCUT2D eigenvalue weighted by Crippen LogP contribution is -2.33. The molecule has 0 bridgehead atoms. The van der Waals surface area contributed by atoms with Crippen LogP contribution in [0.4, 0.5) is 5.69 Å².